The smallest absolute Gasteiger partial charge is 0.318 e. The van der Waals surface area contributed by atoms with Crippen molar-refractivity contribution in [2.24, 2.45) is 0 Å². The molecule has 0 aromatic rings. The Morgan fingerprint density at radius 1 is 0.438 bits per heavy atom. The van der Waals surface area contributed by atoms with Gasteiger partial charge in [-0.05, 0) is 0 Å². The second kappa shape index (κ2) is 16.7. The molecule has 4 heterocycles. The summed E-state index contributed by atoms with van der Waals surface area (Å²) in [5.74, 6) is 0. The molecule has 0 aromatic carbocycles. The van der Waals surface area contributed by atoms with Crippen LogP contribution in [0.3, 0.4) is 0 Å². The van der Waals surface area contributed by atoms with E-state index in [1.165, 1.54) is 0 Å². The van der Waals surface area contributed by atoms with Crippen LogP contribution in [0.4, 0.5) is 4.79 Å². The highest BCUT2D eigenvalue weighted by Gasteiger charge is 2.53. The number of carbonyl (C=O) groups is 1. The largest absolute Gasteiger partial charge is 0.394 e. The quantitative estimate of drug-likeness (QED) is 0.100. The van der Waals surface area contributed by atoms with Gasteiger partial charge in [0.25, 0.3) is 0 Å². The van der Waals surface area contributed by atoms with Crippen LogP contribution in [-0.4, -0.2) is 227 Å². The van der Waals surface area contributed by atoms with Gasteiger partial charge in [0, 0.05) is 0 Å². The number of ether oxygens (including phenoxy) is 6. The molecule has 16 N–H and O–H groups in total. The van der Waals surface area contributed by atoms with E-state index < -0.39 is 155 Å². The van der Waals surface area contributed by atoms with Crippen LogP contribution in [0.15, 0.2) is 0 Å². The molecular weight excluding hydrogens is 664 g/mol. The van der Waals surface area contributed by atoms with Crippen LogP contribution in [0.2, 0.25) is 0 Å². The number of hydrogen-bond donors (Lipinski definition) is 16. The second-order valence-corrected chi connectivity index (χ2v) is 11.7. The lowest BCUT2D eigenvalue weighted by Crippen LogP contribution is -2.69. The van der Waals surface area contributed by atoms with E-state index in [9.17, 15) is 76.3 Å². The normalized spacial score (nSPS) is 50.1. The molecule has 4 aliphatic heterocycles. The van der Waals surface area contributed by atoms with Gasteiger partial charge in [-0.15, -0.1) is 0 Å². The monoisotopic (exact) mass is 708 g/mol. The molecule has 280 valence electrons. The number of urea groups is 1. The Morgan fingerprint density at radius 3 is 1.08 bits per heavy atom. The van der Waals surface area contributed by atoms with Gasteiger partial charge in [-0.1, -0.05) is 0 Å². The minimum atomic E-state index is -1.99. The van der Waals surface area contributed by atoms with Crippen molar-refractivity contribution in [1.82, 2.24) is 10.6 Å². The minimum absolute atomic E-state index is 0.789. The predicted octanol–water partition coefficient (Wildman–Crippen LogP) is -10.5. The van der Waals surface area contributed by atoms with Crippen LogP contribution < -0.4 is 10.6 Å². The van der Waals surface area contributed by atoms with E-state index in [4.69, 9.17) is 28.4 Å². The molecule has 23 heteroatoms. The van der Waals surface area contributed by atoms with Gasteiger partial charge in [0.15, 0.2) is 25.0 Å². The third-order valence-electron chi connectivity index (χ3n) is 8.56. The van der Waals surface area contributed by atoms with Crippen molar-refractivity contribution in [3.05, 3.63) is 0 Å². The molecule has 0 spiro atoms. The third kappa shape index (κ3) is 8.00. The van der Waals surface area contributed by atoms with Crippen molar-refractivity contribution in [3.8, 4) is 0 Å². The molecular formula is C25H44N2O21. The van der Waals surface area contributed by atoms with E-state index in [-0.39, 0.29) is 0 Å². The SMILES string of the molecule is O=C(NC1O[C@H](CO)[C@@H](O[C@@H]2O[C@H](CO)[C@H](O)[C@H](O)[C@H]2O)[C@H](O)[C@H]1O)NC1O[C@H](CO)[C@@H](O[C@@H]2O[C@H](CO)[C@H](O)[C@H](O)[C@H]2O)[C@H](O)[C@H]1O. The van der Waals surface area contributed by atoms with Gasteiger partial charge in [0.05, 0.1) is 26.4 Å². The molecule has 2 unspecified atom stereocenters. The molecule has 0 aromatic heterocycles. The van der Waals surface area contributed by atoms with Crippen LogP contribution in [0.1, 0.15) is 0 Å². The predicted molar refractivity (Wildman–Crippen MR) is 144 cm³/mol. The summed E-state index contributed by atoms with van der Waals surface area (Å²) in [5.41, 5.74) is 0. The number of nitrogens with one attached hydrogen (secondary N) is 2. The zero-order chi connectivity index (χ0) is 35.6. The summed E-state index contributed by atoms with van der Waals surface area (Å²) in [5, 5.41) is 146. The number of hydrogen-bond acceptors (Lipinski definition) is 21. The number of aliphatic hydroxyl groups excluding tert-OH is 14. The van der Waals surface area contributed by atoms with Crippen molar-refractivity contribution in [1.29, 1.82) is 0 Å². The van der Waals surface area contributed by atoms with Crippen molar-refractivity contribution in [2.75, 3.05) is 26.4 Å². The average molecular weight is 709 g/mol. The molecule has 4 aliphatic rings. The summed E-state index contributed by atoms with van der Waals surface area (Å²) in [6.45, 7) is -3.36. The Morgan fingerprint density at radius 2 is 0.771 bits per heavy atom. The molecule has 23 nitrogen and oxygen atoms in total. The van der Waals surface area contributed by atoms with Crippen LogP contribution in [-0.2, 0) is 28.4 Å². The topological polar surface area (TPSA) is 380 Å². The summed E-state index contributed by atoms with van der Waals surface area (Å²) < 4.78 is 32.2. The molecule has 20 atom stereocenters. The zero-order valence-corrected chi connectivity index (χ0v) is 25.0. The van der Waals surface area contributed by atoms with E-state index in [2.05, 4.69) is 10.6 Å². The fourth-order valence-corrected chi connectivity index (χ4v) is 5.72. The first-order valence-electron chi connectivity index (χ1n) is 14.9. The molecule has 0 radical (unpaired) electrons. The van der Waals surface area contributed by atoms with Crippen LogP contribution in [0, 0.1) is 0 Å². The fraction of sp³-hybridized carbons (Fsp3) is 0.960. The second-order valence-electron chi connectivity index (χ2n) is 11.7. The number of rotatable bonds is 10. The highest BCUT2D eigenvalue weighted by molar-refractivity contribution is 5.74. The Labute approximate surface area is 271 Å². The van der Waals surface area contributed by atoms with Crippen molar-refractivity contribution >= 4 is 6.03 Å². The summed E-state index contributed by atoms with van der Waals surface area (Å²) in [7, 11) is 0. The third-order valence-corrected chi connectivity index (χ3v) is 8.56. The molecule has 0 aliphatic carbocycles. The van der Waals surface area contributed by atoms with Crippen molar-refractivity contribution in [3.63, 3.8) is 0 Å². The van der Waals surface area contributed by atoms with Crippen LogP contribution in [0.5, 0.6) is 0 Å². The standard InChI is InChI=1S/C25H44N2O21/c28-1-5-9(32)11(34)17(40)23(45-5)47-19-7(3-30)43-21(15(38)13(19)36)26-25(42)27-22-16(39)14(37)20(8(4-31)44-22)48-24-18(41)12(35)10(33)6(2-29)46-24/h5-24,28-41H,1-4H2,(H2,26,27,42)/t5-,6-,7-,8-,9+,10+,11+,12+,13-,14-,15-,16-,17-,18-,19-,20-,21?,22?,23+,24+/m1/s1. The Bertz CT molecular complexity index is 950. The summed E-state index contributed by atoms with van der Waals surface area (Å²) in [6, 6.07) is -1.24. The lowest BCUT2D eigenvalue weighted by atomic mass is 9.96. The molecule has 4 rings (SSSR count). The van der Waals surface area contributed by atoms with Gasteiger partial charge in [-0.3, -0.25) is 0 Å². The maximum Gasteiger partial charge on any atom is 0.318 e. The van der Waals surface area contributed by atoms with Crippen LogP contribution in [0.25, 0.3) is 0 Å². The van der Waals surface area contributed by atoms with Crippen LogP contribution >= 0.6 is 0 Å². The molecule has 2 amide bonds. The highest BCUT2D eigenvalue weighted by atomic mass is 16.7. The summed E-state index contributed by atoms with van der Waals surface area (Å²) in [4.78, 5) is 12.8. The molecule has 4 fully saturated rings. The Kier molecular flexibility index (Phi) is 13.6. The Hall–Kier alpha value is -1.53. The van der Waals surface area contributed by atoms with Crippen molar-refractivity contribution in [2.45, 2.75) is 123 Å². The summed E-state index contributed by atoms with van der Waals surface area (Å²) >= 11 is 0. The van der Waals surface area contributed by atoms with E-state index >= 15 is 0 Å². The molecule has 0 bridgehead atoms. The first-order chi connectivity index (χ1) is 22.7. The maximum atomic E-state index is 12.8. The molecule has 0 saturated carbocycles. The lowest BCUT2D eigenvalue weighted by Gasteiger charge is -2.47. The number of aliphatic hydroxyl groups is 14. The van der Waals surface area contributed by atoms with Gasteiger partial charge in [0.1, 0.15) is 97.7 Å². The Balaban J connectivity index is 1.36. The highest BCUT2D eigenvalue weighted by Crippen LogP contribution is 2.30. The van der Waals surface area contributed by atoms with Gasteiger partial charge in [-0.2, -0.15) is 0 Å². The lowest BCUT2D eigenvalue weighted by molar-refractivity contribution is -0.343. The summed E-state index contributed by atoms with van der Waals surface area (Å²) in [6.07, 6.45) is -35.0. The van der Waals surface area contributed by atoms with E-state index in [0.29, 0.717) is 0 Å². The van der Waals surface area contributed by atoms with E-state index in [1.807, 2.05) is 0 Å². The van der Waals surface area contributed by atoms with Crippen molar-refractivity contribution < 1.29 is 105 Å². The van der Waals surface area contributed by atoms with Gasteiger partial charge < -0.3 is 111 Å². The molecule has 4 saturated heterocycles. The zero-order valence-electron chi connectivity index (χ0n) is 25.0. The van der Waals surface area contributed by atoms with E-state index in [0.717, 1.165) is 0 Å². The first-order valence-corrected chi connectivity index (χ1v) is 14.9. The number of carbonyl (C=O) groups excluding carboxylic acids is 1. The molecule has 48 heavy (non-hydrogen) atoms. The van der Waals surface area contributed by atoms with Gasteiger partial charge in [-0.25, -0.2) is 4.79 Å². The van der Waals surface area contributed by atoms with Gasteiger partial charge >= 0.3 is 6.03 Å². The first kappa shape index (κ1) is 39.3. The van der Waals surface area contributed by atoms with Gasteiger partial charge in [0.2, 0.25) is 0 Å². The number of amides is 2. The minimum Gasteiger partial charge on any atom is -0.394 e. The maximum absolute atomic E-state index is 12.8. The average Bonchev–Trinajstić information content (AvgIpc) is 3.07. The van der Waals surface area contributed by atoms with E-state index in [1.54, 1.807) is 0 Å². The fourth-order valence-electron chi connectivity index (χ4n) is 5.72.